The molecule has 2 fully saturated rings. The van der Waals surface area contributed by atoms with Crippen molar-refractivity contribution in [1.29, 1.82) is 0 Å². The monoisotopic (exact) mass is 443 g/mol. The number of anilines is 2. The molecule has 2 N–H and O–H groups in total. The molecule has 2 aromatic rings. The minimum Gasteiger partial charge on any atom is -0.336 e. The molecule has 4 rings (SSSR count). The van der Waals surface area contributed by atoms with Gasteiger partial charge in [-0.2, -0.15) is 5.43 Å². The first-order chi connectivity index (χ1) is 13.5. The molecule has 2 heterocycles. The number of para-hydroxylation sites is 1. The van der Waals surface area contributed by atoms with Crippen molar-refractivity contribution in [3.05, 3.63) is 59.1 Å². The third-order valence-electron chi connectivity index (χ3n) is 4.65. The zero-order valence-electron chi connectivity index (χ0n) is 14.8. The zero-order valence-corrected chi connectivity index (χ0v) is 16.4. The van der Waals surface area contributed by atoms with Gasteiger partial charge in [-0.15, -0.1) is 0 Å². The van der Waals surface area contributed by atoms with Crippen LogP contribution in [0.2, 0.25) is 0 Å². The summed E-state index contributed by atoms with van der Waals surface area (Å²) in [6.07, 6.45) is -0.506. The highest BCUT2D eigenvalue weighted by atomic mass is 79.9. The van der Waals surface area contributed by atoms with Crippen LogP contribution in [0, 0.1) is 0 Å². The number of fused-ring (bicyclic) bond motifs is 1. The van der Waals surface area contributed by atoms with Crippen molar-refractivity contribution in [2.75, 3.05) is 29.9 Å². The predicted octanol–water partition coefficient (Wildman–Crippen LogP) is 1.37. The van der Waals surface area contributed by atoms with Crippen molar-refractivity contribution in [3.63, 3.8) is 0 Å². The van der Waals surface area contributed by atoms with Gasteiger partial charge in [0.2, 0.25) is 5.91 Å². The molecule has 0 radical (unpaired) electrons. The third kappa shape index (κ3) is 3.58. The Hall–Kier alpha value is -2.91. The summed E-state index contributed by atoms with van der Waals surface area (Å²) in [6, 6.07) is 16.7. The average molecular weight is 444 g/mol. The maximum absolute atomic E-state index is 12.5. The summed E-state index contributed by atoms with van der Waals surface area (Å²) in [5, 5.41) is 3.80. The lowest BCUT2D eigenvalue weighted by Gasteiger charge is -2.40. The van der Waals surface area contributed by atoms with E-state index in [2.05, 4.69) is 26.7 Å². The lowest BCUT2D eigenvalue weighted by molar-refractivity contribution is -0.163. The molecule has 2 saturated heterocycles. The van der Waals surface area contributed by atoms with E-state index in [0.717, 1.165) is 15.2 Å². The van der Waals surface area contributed by atoms with Crippen LogP contribution in [-0.2, 0) is 14.4 Å². The van der Waals surface area contributed by atoms with Gasteiger partial charge in [-0.25, -0.2) is 0 Å². The van der Waals surface area contributed by atoms with Crippen LogP contribution < -0.4 is 15.6 Å². The van der Waals surface area contributed by atoms with Crippen molar-refractivity contribution in [3.8, 4) is 0 Å². The molecular formula is C19H18BrN5O3. The van der Waals surface area contributed by atoms with Gasteiger partial charge in [-0.1, -0.05) is 34.1 Å². The van der Waals surface area contributed by atoms with E-state index in [1.54, 1.807) is 24.3 Å². The Kier molecular flexibility index (Phi) is 5.01. The van der Waals surface area contributed by atoms with Crippen LogP contribution >= 0.6 is 15.9 Å². The number of hydrogen-bond donors (Lipinski definition) is 2. The summed E-state index contributed by atoms with van der Waals surface area (Å²) in [6.45, 7) is 0.767. The van der Waals surface area contributed by atoms with Crippen LogP contribution in [0.25, 0.3) is 0 Å². The van der Waals surface area contributed by atoms with Crippen LogP contribution in [0.5, 0.6) is 0 Å². The first-order valence-electron chi connectivity index (χ1n) is 8.79. The Balaban J connectivity index is 1.47. The topological polar surface area (TPSA) is 85.0 Å². The van der Waals surface area contributed by atoms with Crippen LogP contribution in [0.3, 0.4) is 0 Å². The van der Waals surface area contributed by atoms with E-state index < -0.39 is 24.0 Å². The van der Waals surface area contributed by atoms with E-state index >= 15 is 0 Å². The normalized spacial score (nSPS) is 19.0. The Morgan fingerprint density at radius 2 is 1.68 bits per heavy atom. The summed E-state index contributed by atoms with van der Waals surface area (Å²) in [5.41, 5.74) is 4.56. The van der Waals surface area contributed by atoms with E-state index in [1.807, 2.05) is 35.2 Å². The molecule has 2 aromatic carbocycles. The van der Waals surface area contributed by atoms with E-state index in [0.29, 0.717) is 18.8 Å². The molecule has 0 aromatic heterocycles. The number of nitrogens with one attached hydrogen (secondary N) is 2. The minimum absolute atomic E-state index is 0.270. The second-order valence-corrected chi connectivity index (χ2v) is 7.39. The fourth-order valence-electron chi connectivity index (χ4n) is 3.30. The first-order valence-corrected chi connectivity index (χ1v) is 9.58. The fraction of sp³-hybridized carbons (Fsp3) is 0.211. The first kappa shape index (κ1) is 18.5. The molecule has 1 atom stereocenters. The van der Waals surface area contributed by atoms with Gasteiger partial charge in [-0.05, 0) is 36.4 Å². The standard InChI is InChI=1S/C19H18BrN5O3/c20-13-6-8-14(9-7-13)21-16(26)12-25-18(28)17(27)24-11-10-23(19(24)22-25)15-4-2-1-3-5-15/h1-9,19,22H,10-12H2,(H,21,26). The van der Waals surface area contributed by atoms with Gasteiger partial charge in [0.05, 0.1) is 0 Å². The second kappa shape index (κ2) is 7.61. The number of nitrogens with zero attached hydrogens (tertiary/aromatic N) is 3. The number of amides is 3. The van der Waals surface area contributed by atoms with Gasteiger partial charge in [0.25, 0.3) is 0 Å². The lowest BCUT2D eigenvalue weighted by Crippen LogP contribution is -2.68. The molecule has 144 valence electrons. The minimum atomic E-state index is -0.739. The van der Waals surface area contributed by atoms with Gasteiger partial charge >= 0.3 is 11.8 Å². The Labute approximate surface area is 170 Å². The molecule has 9 heteroatoms. The molecule has 3 amide bonds. The summed E-state index contributed by atoms with van der Waals surface area (Å²) < 4.78 is 0.895. The van der Waals surface area contributed by atoms with Gasteiger partial charge in [-0.3, -0.25) is 24.3 Å². The summed E-state index contributed by atoms with van der Waals surface area (Å²) in [5.74, 6) is -1.75. The molecular weight excluding hydrogens is 426 g/mol. The highest BCUT2D eigenvalue weighted by Gasteiger charge is 2.45. The molecule has 2 aliphatic rings. The average Bonchev–Trinajstić information content (AvgIpc) is 3.12. The largest absolute Gasteiger partial charge is 0.336 e. The molecule has 8 nitrogen and oxygen atoms in total. The maximum Gasteiger partial charge on any atom is 0.326 e. The second-order valence-electron chi connectivity index (χ2n) is 6.48. The Morgan fingerprint density at radius 3 is 2.39 bits per heavy atom. The smallest absolute Gasteiger partial charge is 0.326 e. The van der Waals surface area contributed by atoms with Gasteiger partial charge in [0.15, 0.2) is 6.29 Å². The highest BCUT2D eigenvalue weighted by molar-refractivity contribution is 9.10. The van der Waals surface area contributed by atoms with Crippen molar-refractivity contribution in [1.82, 2.24) is 15.3 Å². The van der Waals surface area contributed by atoms with E-state index in [-0.39, 0.29) is 6.54 Å². The van der Waals surface area contributed by atoms with Crippen LogP contribution in [-0.4, -0.2) is 53.6 Å². The molecule has 28 heavy (non-hydrogen) atoms. The van der Waals surface area contributed by atoms with Crippen LogP contribution in [0.15, 0.2) is 59.1 Å². The van der Waals surface area contributed by atoms with Gasteiger partial charge in [0.1, 0.15) is 6.54 Å². The maximum atomic E-state index is 12.5. The number of halogens is 1. The van der Waals surface area contributed by atoms with E-state index in [9.17, 15) is 14.4 Å². The fourth-order valence-corrected chi connectivity index (χ4v) is 3.57. The summed E-state index contributed by atoms with van der Waals surface area (Å²) >= 11 is 3.33. The number of hydrazine groups is 1. The molecule has 0 saturated carbocycles. The van der Waals surface area contributed by atoms with Gasteiger partial charge in [0, 0.05) is 28.9 Å². The Morgan fingerprint density at radius 1 is 1.00 bits per heavy atom. The van der Waals surface area contributed by atoms with E-state index in [1.165, 1.54) is 4.90 Å². The van der Waals surface area contributed by atoms with Crippen LogP contribution in [0.4, 0.5) is 11.4 Å². The molecule has 0 bridgehead atoms. The lowest BCUT2D eigenvalue weighted by atomic mass is 10.3. The third-order valence-corrected chi connectivity index (χ3v) is 5.18. The SMILES string of the molecule is O=C(CN1NC2N(CCN2c2ccccc2)C(=O)C1=O)Nc1ccc(Br)cc1. The molecule has 2 aliphatic heterocycles. The van der Waals surface area contributed by atoms with Crippen molar-refractivity contribution >= 4 is 45.0 Å². The number of benzene rings is 2. The number of hydrogen-bond acceptors (Lipinski definition) is 5. The van der Waals surface area contributed by atoms with Crippen molar-refractivity contribution < 1.29 is 14.4 Å². The number of carbonyl (C=O) groups excluding carboxylic acids is 3. The summed E-state index contributed by atoms with van der Waals surface area (Å²) in [7, 11) is 0. The predicted molar refractivity (Wildman–Crippen MR) is 107 cm³/mol. The van der Waals surface area contributed by atoms with Crippen molar-refractivity contribution in [2.24, 2.45) is 0 Å². The van der Waals surface area contributed by atoms with Crippen LogP contribution in [0.1, 0.15) is 0 Å². The van der Waals surface area contributed by atoms with Gasteiger partial charge < -0.3 is 10.2 Å². The zero-order chi connectivity index (χ0) is 19.7. The molecule has 0 spiro atoms. The number of carbonyl (C=O) groups is 3. The van der Waals surface area contributed by atoms with E-state index in [4.69, 9.17) is 0 Å². The number of rotatable bonds is 4. The molecule has 1 unspecified atom stereocenters. The Bertz CT molecular complexity index is 906. The molecule has 0 aliphatic carbocycles. The van der Waals surface area contributed by atoms with Crippen molar-refractivity contribution in [2.45, 2.75) is 6.29 Å². The quantitative estimate of drug-likeness (QED) is 0.697. The highest BCUT2D eigenvalue weighted by Crippen LogP contribution is 2.24. The summed E-state index contributed by atoms with van der Waals surface area (Å²) in [4.78, 5) is 40.8.